The van der Waals surface area contributed by atoms with Crippen LogP contribution in [0.2, 0.25) is 0 Å². The van der Waals surface area contributed by atoms with Crippen molar-refractivity contribution in [3.8, 4) is 16.5 Å². The van der Waals surface area contributed by atoms with E-state index in [1.807, 2.05) is 48.7 Å². The van der Waals surface area contributed by atoms with E-state index in [2.05, 4.69) is 15.5 Å². The highest BCUT2D eigenvalue weighted by Crippen LogP contribution is 2.25. The molecule has 3 aromatic rings. The van der Waals surface area contributed by atoms with E-state index in [9.17, 15) is 4.79 Å². The minimum atomic E-state index is -0.192. The fourth-order valence-corrected chi connectivity index (χ4v) is 3.22. The number of thiophene rings is 1. The van der Waals surface area contributed by atoms with Gasteiger partial charge >= 0.3 is 0 Å². The number of ether oxygens (including phenoxy) is 1. The van der Waals surface area contributed by atoms with Crippen LogP contribution in [0.5, 0.6) is 5.75 Å². The third-order valence-corrected chi connectivity index (χ3v) is 4.60. The van der Waals surface area contributed by atoms with Gasteiger partial charge in [-0.05, 0) is 42.2 Å². The molecule has 0 spiro atoms. The smallest absolute Gasteiger partial charge is 0.244 e. The van der Waals surface area contributed by atoms with Crippen molar-refractivity contribution in [2.45, 2.75) is 19.9 Å². The maximum atomic E-state index is 12.5. The first-order chi connectivity index (χ1) is 12.2. The van der Waals surface area contributed by atoms with E-state index in [1.54, 1.807) is 15.9 Å². The molecule has 0 saturated carbocycles. The maximum absolute atomic E-state index is 12.5. The molecule has 0 fully saturated rings. The zero-order valence-corrected chi connectivity index (χ0v) is 15.3. The monoisotopic (exact) mass is 374 g/mol. The Bertz CT molecular complexity index is 900. The Hall–Kier alpha value is -2.45. The Morgan fingerprint density at radius 3 is 2.96 bits per heavy atom. The van der Waals surface area contributed by atoms with Crippen molar-refractivity contribution in [1.82, 2.24) is 14.8 Å². The number of benzene rings is 1. The summed E-state index contributed by atoms with van der Waals surface area (Å²) in [6.07, 6.45) is 0.899. The Morgan fingerprint density at radius 1 is 1.36 bits per heavy atom. The highest BCUT2D eigenvalue weighted by molar-refractivity contribution is 7.71. The van der Waals surface area contributed by atoms with Gasteiger partial charge in [0.25, 0.3) is 0 Å². The van der Waals surface area contributed by atoms with Gasteiger partial charge in [-0.1, -0.05) is 25.1 Å². The number of H-pyrrole nitrogens is 1. The van der Waals surface area contributed by atoms with Crippen LogP contribution < -0.4 is 10.1 Å². The number of rotatable bonds is 7. The van der Waals surface area contributed by atoms with Crippen molar-refractivity contribution < 1.29 is 9.53 Å². The number of carbonyl (C=O) groups excluding carboxylic acids is 1. The number of carbonyl (C=O) groups is 1. The summed E-state index contributed by atoms with van der Waals surface area (Å²) in [5.41, 5.74) is 0.647. The molecule has 2 aromatic heterocycles. The average molecular weight is 374 g/mol. The summed E-state index contributed by atoms with van der Waals surface area (Å²) in [5, 5.41) is 11.8. The molecule has 0 unspecified atom stereocenters. The summed E-state index contributed by atoms with van der Waals surface area (Å²) in [6.45, 7) is 2.71. The molecule has 8 heteroatoms. The molecule has 1 aromatic carbocycles. The highest BCUT2D eigenvalue weighted by Gasteiger charge is 2.14. The Labute approximate surface area is 154 Å². The number of hydrogen-bond acceptors (Lipinski definition) is 5. The van der Waals surface area contributed by atoms with Crippen molar-refractivity contribution in [3.05, 3.63) is 46.5 Å². The van der Waals surface area contributed by atoms with Gasteiger partial charge in [0.15, 0.2) is 10.6 Å². The summed E-state index contributed by atoms with van der Waals surface area (Å²) >= 11 is 6.80. The van der Waals surface area contributed by atoms with Gasteiger partial charge in [-0.3, -0.25) is 14.5 Å². The molecule has 3 rings (SSSR count). The van der Waals surface area contributed by atoms with Crippen molar-refractivity contribution in [3.63, 3.8) is 0 Å². The van der Waals surface area contributed by atoms with E-state index >= 15 is 0 Å². The minimum absolute atomic E-state index is 0.0741. The van der Waals surface area contributed by atoms with E-state index in [4.69, 9.17) is 17.0 Å². The van der Waals surface area contributed by atoms with Crippen molar-refractivity contribution in [1.29, 1.82) is 0 Å². The summed E-state index contributed by atoms with van der Waals surface area (Å²) in [7, 11) is 0. The molecule has 0 saturated heterocycles. The lowest BCUT2D eigenvalue weighted by molar-refractivity contribution is -0.116. The molecular formula is C17H18N4O2S2. The van der Waals surface area contributed by atoms with Gasteiger partial charge in [0.2, 0.25) is 5.91 Å². The topological polar surface area (TPSA) is 71.9 Å². The minimum Gasteiger partial charge on any atom is -0.491 e. The molecule has 0 aliphatic carbocycles. The van der Waals surface area contributed by atoms with Crippen LogP contribution in [-0.2, 0) is 11.3 Å². The summed E-state index contributed by atoms with van der Waals surface area (Å²) in [6, 6.07) is 11.3. The number of anilines is 1. The quantitative estimate of drug-likeness (QED) is 0.611. The molecule has 6 nitrogen and oxygen atoms in total. The highest BCUT2D eigenvalue weighted by atomic mass is 32.1. The zero-order chi connectivity index (χ0) is 17.6. The van der Waals surface area contributed by atoms with Crippen LogP contribution in [0.25, 0.3) is 10.7 Å². The van der Waals surface area contributed by atoms with Crippen LogP contribution in [0.4, 0.5) is 5.69 Å². The van der Waals surface area contributed by atoms with E-state index in [1.165, 1.54) is 0 Å². The van der Waals surface area contributed by atoms with Crippen molar-refractivity contribution in [2.24, 2.45) is 0 Å². The van der Waals surface area contributed by atoms with Crippen molar-refractivity contribution in [2.75, 3.05) is 11.9 Å². The predicted molar refractivity (Wildman–Crippen MR) is 102 cm³/mol. The number of nitrogens with zero attached hydrogens (tertiary/aromatic N) is 2. The predicted octanol–water partition coefficient (Wildman–Crippen LogP) is 4.10. The third-order valence-electron chi connectivity index (χ3n) is 3.42. The summed E-state index contributed by atoms with van der Waals surface area (Å²) < 4.78 is 7.77. The normalized spacial score (nSPS) is 10.6. The first-order valence-electron chi connectivity index (χ1n) is 7.89. The Kier molecular flexibility index (Phi) is 5.62. The Balaban J connectivity index is 1.76. The van der Waals surface area contributed by atoms with Crippen LogP contribution in [0.1, 0.15) is 13.3 Å². The van der Waals surface area contributed by atoms with E-state index < -0.39 is 0 Å². The number of aromatic nitrogens is 3. The first kappa shape index (κ1) is 17.4. The van der Waals surface area contributed by atoms with E-state index in [-0.39, 0.29) is 12.5 Å². The van der Waals surface area contributed by atoms with E-state index in [0.29, 0.717) is 28.6 Å². The maximum Gasteiger partial charge on any atom is 0.244 e. The zero-order valence-electron chi connectivity index (χ0n) is 13.7. The second-order valence-corrected chi connectivity index (χ2v) is 6.64. The van der Waals surface area contributed by atoms with Crippen LogP contribution >= 0.6 is 23.6 Å². The molecule has 0 bridgehead atoms. The molecular weight excluding hydrogens is 356 g/mol. The molecule has 0 aliphatic heterocycles. The molecule has 2 N–H and O–H groups in total. The fraction of sp³-hybridized carbons (Fsp3) is 0.235. The molecule has 0 radical (unpaired) electrons. The van der Waals surface area contributed by atoms with Gasteiger partial charge < -0.3 is 10.1 Å². The van der Waals surface area contributed by atoms with Gasteiger partial charge in [-0.25, -0.2) is 0 Å². The number of para-hydroxylation sites is 2. The number of amides is 1. The van der Waals surface area contributed by atoms with Crippen LogP contribution in [0, 0.1) is 4.77 Å². The van der Waals surface area contributed by atoms with Gasteiger partial charge in [0, 0.05) is 0 Å². The van der Waals surface area contributed by atoms with Crippen LogP contribution in [0.3, 0.4) is 0 Å². The molecule has 1 amide bonds. The number of aromatic amines is 1. The van der Waals surface area contributed by atoms with Crippen molar-refractivity contribution >= 4 is 35.1 Å². The third kappa shape index (κ3) is 4.15. The molecule has 0 atom stereocenters. The Morgan fingerprint density at radius 2 is 2.20 bits per heavy atom. The lowest BCUT2D eigenvalue weighted by Crippen LogP contribution is -2.20. The number of hydrogen-bond donors (Lipinski definition) is 2. The fourth-order valence-electron chi connectivity index (χ4n) is 2.30. The van der Waals surface area contributed by atoms with Gasteiger partial charge in [-0.15, -0.1) is 11.3 Å². The second-order valence-electron chi connectivity index (χ2n) is 5.31. The second kappa shape index (κ2) is 8.09. The lowest BCUT2D eigenvalue weighted by atomic mass is 10.3. The summed E-state index contributed by atoms with van der Waals surface area (Å²) in [5.74, 6) is 1.13. The SMILES string of the molecule is CCCOc1ccccc1NC(=O)Cn1c(-c2cccs2)n[nH]c1=S. The average Bonchev–Trinajstić information content (AvgIpc) is 3.25. The molecule has 130 valence electrons. The standard InChI is InChI=1S/C17H18N4O2S2/c1-2-9-23-13-7-4-3-6-12(13)18-15(22)11-21-16(19-20-17(21)24)14-8-5-10-25-14/h3-8,10H,2,9,11H2,1H3,(H,18,22)(H,20,24). The van der Waals surface area contributed by atoms with Crippen LogP contribution in [-0.4, -0.2) is 27.3 Å². The van der Waals surface area contributed by atoms with Gasteiger partial charge in [-0.2, -0.15) is 5.10 Å². The molecule has 25 heavy (non-hydrogen) atoms. The lowest BCUT2D eigenvalue weighted by Gasteiger charge is -2.12. The first-order valence-corrected chi connectivity index (χ1v) is 9.18. The largest absolute Gasteiger partial charge is 0.491 e. The molecule has 2 heterocycles. The van der Waals surface area contributed by atoms with Gasteiger partial charge in [0.1, 0.15) is 12.3 Å². The number of nitrogens with one attached hydrogen (secondary N) is 2. The van der Waals surface area contributed by atoms with Crippen LogP contribution in [0.15, 0.2) is 41.8 Å². The van der Waals surface area contributed by atoms with Gasteiger partial charge in [0.05, 0.1) is 17.2 Å². The van der Waals surface area contributed by atoms with E-state index in [0.717, 1.165) is 11.3 Å². The molecule has 0 aliphatic rings. The summed E-state index contributed by atoms with van der Waals surface area (Å²) in [4.78, 5) is 13.5.